The number of aromatic nitrogens is 2. The van der Waals surface area contributed by atoms with Crippen LogP contribution in [-0.4, -0.2) is 16.2 Å². The molecule has 6 nitrogen and oxygen atoms in total. The lowest BCUT2D eigenvalue weighted by molar-refractivity contribution is 0.262. The van der Waals surface area contributed by atoms with Crippen LogP contribution in [0.2, 0.25) is 0 Å². The van der Waals surface area contributed by atoms with Gasteiger partial charge >= 0.3 is 6.03 Å². The maximum absolute atomic E-state index is 13.5. The van der Waals surface area contributed by atoms with Crippen molar-refractivity contribution >= 4 is 28.2 Å². The Bertz CT molecular complexity index is 884. The van der Waals surface area contributed by atoms with Crippen LogP contribution in [0.15, 0.2) is 48.5 Å². The Balaban J connectivity index is 1.54. The molecule has 1 heterocycles. The van der Waals surface area contributed by atoms with E-state index in [-0.39, 0.29) is 12.3 Å². The molecule has 3 aromatic rings. The molecule has 128 valence electrons. The average Bonchev–Trinajstić information content (AvgIpc) is 3.02. The number of aryl methyl sites for hydroxylation is 1. The Morgan fingerprint density at radius 2 is 2.00 bits per heavy atom. The molecule has 0 radical (unpaired) electrons. The second-order valence-electron chi connectivity index (χ2n) is 5.17. The molecule has 0 atom stereocenters. The van der Waals surface area contributed by atoms with Crippen molar-refractivity contribution in [3.63, 3.8) is 0 Å². The maximum Gasteiger partial charge on any atom is 0.325 e. The third-order valence-corrected chi connectivity index (χ3v) is 3.97. The first-order chi connectivity index (χ1) is 12.1. The van der Waals surface area contributed by atoms with Gasteiger partial charge in [-0.2, -0.15) is 0 Å². The van der Waals surface area contributed by atoms with E-state index in [1.165, 1.54) is 23.5 Å². The molecule has 2 aromatic carbocycles. The zero-order valence-corrected chi connectivity index (χ0v) is 14.1. The normalized spacial score (nSPS) is 10.3. The van der Waals surface area contributed by atoms with Crippen LogP contribution in [-0.2, 0) is 6.61 Å². The van der Waals surface area contributed by atoms with Gasteiger partial charge in [-0.3, -0.25) is 5.32 Å². The van der Waals surface area contributed by atoms with Gasteiger partial charge in [-0.25, -0.2) is 9.18 Å². The average molecular weight is 358 g/mol. The van der Waals surface area contributed by atoms with E-state index < -0.39 is 11.8 Å². The Morgan fingerprint density at radius 3 is 2.80 bits per heavy atom. The van der Waals surface area contributed by atoms with E-state index in [0.29, 0.717) is 10.1 Å². The highest BCUT2D eigenvalue weighted by molar-refractivity contribution is 7.15. The highest BCUT2D eigenvalue weighted by Gasteiger charge is 2.10. The number of carbonyl (C=O) groups excluding carboxylic acids is 1. The molecule has 0 unspecified atom stereocenters. The first-order valence-electron chi connectivity index (χ1n) is 7.44. The van der Waals surface area contributed by atoms with E-state index >= 15 is 0 Å². The van der Waals surface area contributed by atoms with E-state index in [4.69, 9.17) is 4.74 Å². The number of nitrogens with zero attached hydrogens (tertiary/aromatic N) is 2. The SMILES string of the molecule is Cc1cccc(OCc2nnc(NC(=O)Nc3ccccc3F)s2)c1. The fourth-order valence-electron chi connectivity index (χ4n) is 2.03. The number of amides is 2. The number of rotatable bonds is 5. The van der Waals surface area contributed by atoms with E-state index in [1.54, 1.807) is 12.1 Å². The van der Waals surface area contributed by atoms with Crippen molar-refractivity contribution in [2.45, 2.75) is 13.5 Å². The number of anilines is 2. The van der Waals surface area contributed by atoms with Crippen molar-refractivity contribution in [1.29, 1.82) is 0 Å². The lowest BCUT2D eigenvalue weighted by Gasteiger charge is -2.05. The molecule has 2 N–H and O–H groups in total. The molecule has 0 aliphatic rings. The molecule has 0 bridgehead atoms. The summed E-state index contributed by atoms with van der Waals surface area (Å²) < 4.78 is 19.1. The lowest BCUT2D eigenvalue weighted by Crippen LogP contribution is -2.19. The van der Waals surface area contributed by atoms with Crippen molar-refractivity contribution in [3.05, 3.63) is 64.9 Å². The topological polar surface area (TPSA) is 76.1 Å². The van der Waals surface area contributed by atoms with E-state index in [9.17, 15) is 9.18 Å². The fraction of sp³-hybridized carbons (Fsp3) is 0.118. The van der Waals surface area contributed by atoms with Gasteiger partial charge in [0, 0.05) is 0 Å². The number of hydrogen-bond acceptors (Lipinski definition) is 5. The quantitative estimate of drug-likeness (QED) is 0.716. The van der Waals surface area contributed by atoms with Crippen LogP contribution in [0, 0.1) is 12.7 Å². The van der Waals surface area contributed by atoms with Crippen molar-refractivity contribution in [2.75, 3.05) is 10.6 Å². The third kappa shape index (κ3) is 4.74. The van der Waals surface area contributed by atoms with Gasteiger partial charge in [0.2, 0.25) is 5.13 Å². The number of carbonyl (C=O) groups is 1. The molecular formula is C17H15FN4O2S. The van der Waals surface area contributed by atoms with Crippen LogP contribution < -0.4 is 15.4 Å². The molecule has 0 saturated heterocycles. The zero-order valence-electron chi connectivity index (χ0n) is 13.3. The monoisotopic (exact) mass is 358 g/mol. The Kier molecular flexibility index (Phi) is 5.20. The third-order valence-electron chi connectivity index (χ3n) is 3.16. The standard InChI is InChI=1S/C17H15FN4O2S/c1-11-5-4-6-12(9-11)24-10-15-21-22-17(25-15)20-16(23)19-14-8-3-2-7-13(14)18/h2-9H,10H2,1H3,(H2,19,20,22,23). The molecule has 25 heavy (non-hydrogen) atoms. The van der Waals surface area contributed by atoms with Gasteiger partial charge in [0.1, 0.15) is 18.2 Å². The molecule has 0 fully saturated rings. The van der Waals surface area contributed by atoms with Gasteiger partial charge in [0.05, 0.1) is 5.69 Å². The smallest absolute Gasteiger partial charge is 0.325 e. The van der Waals surface area contributed by atoms with Crippen molar-refractivity contribution in [2.24, 2.45) is 0 Å². The van der Waals surface area contributed by atoms with Gasteiger partial charge in [0.25, 0.3) is 0 Å². The van der Waals surface area contributed by atoms with Crippen LogP contribution in [0.25, 0.3) is 0 Å². The van der Waals surface area contributed by atoms with Gasteiger partial charge in [-0.15, -0.1) is 10.2 Å². The lowest BCUT2D eigenvalue weighted by atomic mass is 10.2. The fourth-order valence-corrected chi connectivity index (χ4v) is 2.67. The Labute approximate surface area is 147 Å². The number of benzene rings is 2. The summed E-state index contributed by atoms with van der Waals surface area (Å²) in [6.45, 7) is 2.23. The van der Waals surface area contributed by atoms with Crippen LogP contribution in [0.3, 0.4) is 0 Å². The second-order valence-corrected chi connectivity index (χ2v) is 6.23. The summed E-state index contributed by atoms with van der Waals surface area (Å²) in [7, 11) is 0. The summed E-state index contributed by atoms with van der Waals surface area (Å²) in [6, 6.07) is 13.0. The number of ether oxygens (including phenoxy) is 1. The molecule has 3 rings (SSSR count). The van der Waals surface area contributed by atoms with Crippen molar-refractivity contribution in [1.82, 2.24) is 10.2 Å². The zero-order chi connectivity index (χ0) is 17.6. The van der Waals surface area contributed by atoms with Crippen LogP contribution in [0.5, 0.6) is 5.75 Å². The number of para-hydroxylation sites is 1. The van der Waals surface area contributed by atoms with Crippen LogP contribution in [0.4, 0.5) is 20.0 Å². The van der Waals surface area contributed by atoms with Gasteiger partial charge < -0.3 is 10.1 Å². The molecular weight excluding hydrogens is 343 g/mol. The largest absolute Gasteiger partial charge is 0.486 e. The van der Waals surface area contributed by atoms with E-state index in [2.05, 4.69) is 20.8 Å². The summed E-state index contributed by atoms with van der Waals surface area (Å²) >= 11 is 1.19. The number of hydrogen-bond donors (Lipinski definition) is 2. The molecule has 0 spiro atoms. The van der Waals surface area contributed by atoms with Gasteiger partial charge in [-0.05, 0) is 36.8 Å². The minimum atomic E-state index is -0.590. The molecule has 0 saturated carbocycles. The van der Waals surface area contributed by atoms with E-state index in [0.717, 1.165) is 11.3 Å². The van der Waals surface area contributed by atoms with Gasteiger partial charge in [-0.1, -0.05) is 35.6 Å². The number of halogens is 1. The summed E-state index contributed by atoms with van der Waals surface area (Å²) in [6.07, 6.45) is 0. The molecule has 8 heteroatoms. The summed E-state index contributed by atoms with van der Waals surface area (Å²) in [5.74, 6) is 0.226. The minimum Gasteiger partial charge on any atom is -0.486 e. The van der Waals surface area contributed by atoms with Crippen molar-refractivity contribution in [3.8, 4) is 5.75 Å². The second kappa shape index (κ2) is 7.71. The summed E-state index contributed by atoms with van der Waals surface area (Å²) in [5, 5.41) is 13.7. The van der Waals surface area contributed by atoms with E-state index in [1.807, 2.05) is 31.2 Å². The molecule has 1 aromatic heterocycles. The van der Waals surface area contributed by atoms with Gasteiger partial charge in [0.15, 0.2) is 5.01 Å². The van der Waals surface area contributed by atoms with Crippen molar-refractivity contribution < 1.29 is 13.9 Å². The number of urea groups is 1. The molecule has 0 aliphatic heterocycles. The maximum atomic E-state index is 13.5. The number of nitrogens with one attached hydrogen (secondary N) is 2. The Morgan fingerprint density at radius 1 is 1.16 bits per heavy atom. The summed E-state index contributed by atoms with van der Waals surface area (Å²) in [5.41, 5.74) is 1.19. The predicted octanol–water partition coefficient (Wildman–Crippen LogP) is 4.21. The summed E-state index contributed by atoms with van der Waals surface area (Å²) in [4.78, 5) is 11.9. The minimum absolute atomic E-state index is 0.0903. The van der Waals surface area contributed by atoms with Crippen LogP contribution >= 0.6 is 11.3 Å². The predicted molar refractivity (Wildman–Crippen MR) is 94.5 cm³/mol. The first kappa shape index (κ1) is 16.8. The highest BCUT2D eigenvalue weighted by Crippen LogP contribution is 2.19. The first-order valence-corrected chi connectivity index (χ1v) is 8.26. The molecule has 2 amide bonds. The Hall–Kier alpha value is -3.00. The van der Waals surface area contributed by atoms with Crippen LogP contribution in [0.1, 0.15) is 10.6 Å². The highest BCUT2D eigenvalue weighted by atomic mass is 32.1. The molecule has 0 aliphatic carbocycles.